The molecule has 0 atom stereocenters. The predicted molar refractivity (Wildman–Crippen MR) is 121 cm³/mol. The number of carbonyl (C=O) groups excluding carboxylic acids is 2. The van der Waals surface area contributed by atoms with Gasteiger partial charge < -0.3 is 5.32 Å². The SMILES string of the molecule is CNN(C)C(=O)c1cc(C#N)cc(C)c1NC(=O)c1cc(Br)cn1-c1ncccc1Cl. The van der Waals surface area contributed by atoms with Crippen molar-refractivity contribution in [3.05, 3.63) is 74.6 Å². The highest BCUT2D eigenvalue weighted by molar-refractivity contribution is 9.10. The second kappa shape index (κ2) is 9.31. The van der Waals surface area contributed by atoms with Gasteiger partial charge in [0.05, 0.1) is 27.9 Å². The number of pyridine rings is 1. The van der Waals surface area contributed by atoms with Crippen LogP contribution in [0.2, 0.25) is 5.02 Å². The number of hydrogen-bond acceptors (Lipinski definition) is 5. The van der Waals surface area contributed by atoms with E-state index in [1.54, 1.807) is 62.2 Å². The second-order valence-corrected chi connectivity index (χ2v) is 7.91. The molecule has 31 heavy (non-hydrogen) atoms. The van der Waals surface area contributed by atoms with Crippen LogP contribution in [0.25, 0.3) is 5.82 Å². The highest BCUT2D eigenvalue weighted by Crippen LogP contribution is 2.27. The molecule has 10 heteroatoms. The number of nitriles is 1. The molecule has 0 spiro atoms. The fraction of sp³-hybridized carbons (Fsp3) is 0.143. The van der Waals surface area contributed by atoms with Crippen LogP contribution in [-0.2, 0) is 0 Å². The molecule has 2 heterocycles. The third kappa shape index (κ3) is 4.61. The second-order valence-electron chi connectivity index (χ2n) is 6.59. The summed E-state index contributed by atoms with van der Waals surface area (Å²) in [6.07, 6.45) is 3.25. The number of hydrogen-bond donors (Lipinski definition) is 2. The van der Waals surface area contributed by atoms with Crippen molar-refractivity contribution in [2.75, 3.05) is 19.4 Å². The molecular weight excluding hydrogens is 484 g/mol. The molecule has 8 nitrogen and oxygen atoms in total. The van der Waals surface area contributed by atoms with Gasteiger partial charge in [0.2, 0.25) is 0 Å². The molecule has 0 aliphatic heterocycles. The third-order valence-electron chi connectivity index (χ3n) is 4.56. The number of rotatable bonds is 5. The summed E-state index contributed by atoms with van der Waals surface area (Å²) < 4.78 is 2.21. The van der Waals surface area contributed by atoms with Crippen molar-refractivity contribution in [1.82, 2.24) is 20.0 Å². The van der Waals surface area contributed by atoms with Crippen molar-refractivity contribution in [2.45, 2.75) is 6.92 Å². The Balaban J connectivity index is 2.07. The first-order valence-electron chi connectivity index (χ1n) is 9.07. The Bertz CT molecular complexity index is 1220. The Morgan fingerprint density at radius 1 is 1.32 bits per heavy atom. The lowest BCUT2D eigenvalue weighted by molar-refractivity contribution is 0.0736. The van der Waals surface area contributed by atoms with Crippen LogP contribution >= 0.6 is 27.5 Å². The minimum absolute atomic E-state index is 0.190. The fourth-order valence-electron chi connectivity index (χ4n) is 2.98. The molecule has 0 fully saturated rings. The van der Waals surface area contributed by atoms with E-state index in [1.165, 1.54) is 11.1 Å². The van der Waals surface area contributed by atoms with E-state index in [1.807, 2.05) is 6.07 Å². The topological polar surface area (TPSA) is 103 Å². The Kier molecular flexibility index (Phi) is 6.75. The summed E-state index contributed by atoms with van der Waals surface area (Å²) in [6.45, 7) is 1.72. The van der Waals surface area contributed by atoms with Gasteiger partial charge in [-0.25, -0.2) is 10.4 Å². The van der Waals surface area contributed by atoms with E-state index in [0.29, 0.717) is 32.1 Å². The molecule has 158 valence electrons. The highest BCUT2D eigenvalue weighted by atomic mass is 79.9. The molecular formula is C21H18BrClN6O2. The van der Waals surface area contributed by atoms with Gasteiger partial charge in [-0.3, -0.25) is 19.2 Å². The van der Waals surface area contributed by atoms with Crippen LogP contribution in [0.3, 0.4) is 0 Å². The molecule has 0 aliphatic carbocycles. The number of aryl methyl sites for hydroxylation is 1. The zero-order chi connectivity index (χ0) is 22.7. The normalized spacial score (nSPS) is 10.5. The van der Waals surface area contributed by atoms with Gasteiger partial charge in [0.1, 0.15) is 5.69 Å². The quantitative estimate of drug-likeness (QED) is 0.516. The first kappa shape index (κ1) is 22.5. The zero-order valence-corrected chi connectivity index (χ0v) is 19.2. The molecule has 2 N–H and O–H groups in total. The van der Waals surface area contributed by atoms with E-state index in [9.17, 15) is 14.9 Å². The summed E-state index contributed by atoms with van der Waals surface area (Å²) in [5, 5.41) is 13.8. The van der Waals surface area contributed by atoms with Crippen LogP contribution in [0.4, 0.5) is 5.69 Å². The molecule has 1 aromatic carbocycles. The number of nitrogens with zero attached hydrogens (tertiary/aromatic N) is 4. The van der Waals surface area contributed by atoms with Crippen molar-refractivity contribution in [2.24, 2.45) is 0 Å². The third-order valence-corrected chi connectivity index (χ3v) is 5.29. The number of benzene rings is 1. The Morgan fingerprint density at radius 3 is 2.71 bits per heavy atom. The average molecular weight is 502 g/mol. The van der Waals surface area contributed by atoms with Gasteiger partial charge in [0.15, 0.2) is 5.82 Å². The maximum Gasteiger partial charge on any atom is 0.272 e. The van der Waals surface area contributed by atoms with Crippen molar-refractivity contribution >= 4 is 45.0 Å². The lowest BCUT2D eigenvalue weighted by Crippen LogP contribution is -2.37. The number of nitrogens with one attached hydrogen (secondary N) is 2. The number of carbonyl (C=O) groups is 2. The number of amides is 2. The van der Waals surface area contributed by atoms with Crippen LogP contribution in [0.15, 0.2) is 47.2 Å². The number of hydrazine groups is 1. The number of halogens is 2. The molecule has 0 unspecified atom stereocenters. The van der Waals surface area contributed by atoms with Crippen molar-refractivity contribution < 1.29 is 9.59 Å². The Morgan fingerprint density at radius 2 is 2.06 bits per heavy atom. The molecule has 0 saturated heterocycles. The van der Waals surface area contributed by atoms with E-state index in [4.69, 9.17) is 11.6 Å². The highest BCUT2D eigenvalue weighted by Gasteiger charge is 2.23. The van der Waals surface area contributed by atoms with E-state index >= 15 is 0 Å². The summed E-state index contributed by atoms with van der Waals surface area (Å²) in [4.78, 5) is 30.3. The Labute approximate surface area is 192 Å². The molecule has 0 radical (unpaired) electrons. The minimum Gasteiger partial charge on any atom is -0.320 e. The maximum absolute atomic E-state index is 13.2. The Hall–Kier alpha value is -3.19. The molecule has 2 aromatic heterocycles. The average Bonchev–Trinajstić information content (AvgIpc) is 3.15. The van der Waals surface area contributed by atoms with Crippen molar-refractivity contribution in [1.29, 1.82) is 5.26 Å². The van der Waals surface area contributed by atoms with Crippen LogP contribution in [-0.4, -0.2) is 40.5 Å². The van der Waals surface area contributed by atoms with Crippen LogP contribution < -0.4 is 10.7 Å². The first-order chi connectivity index (χ1) is 14.8. The largest absolute Gasteiger partial charge is 0.320 e. The van der Waals surface area contributed by atoms with Gasteiger partial charge in [-0.1, -0.05) is 11.6 Å². The van der Waals surface area contributed by atoms with Gasteiger partial charge in [-0.2, -0.15) is 5.26 Å². The summed E-state index contributed by atoms with van der Waals surface area (Å²) in [5.74, 6) is -0.480. The van der Waals surface area contributed by atoms with E-state index < -0.39 is 11.8 Å². The van der Waals surface area contributed by atoms with Crippen LogP contribution in [0, 0.1) is 18.3 Å². The van der Waals surface area contributed by atoms with Gasteiger partial charge in [0, 0.05) is 31.0 Å². The van der Waals surface area contributed by atoms with Crippen LogP contribution in [0.5, 0.6) is 0 Å². The van der Waals surface area contributed by atoms with Crippen molar-refractivity contribution in [3.63, 3.8) is 0 Å². The van der Waals surface area contributed by atoms with Gasteiger partial charge in [-0.15, -0.1) is 0 Å². The molecule has 3 rings (SSSR count). The lowest BCUT2D eigenvalue weighted by atomic mass is 10.0. The lowest BCUT2D eigenvalue weighted by Gasteiger charge is -2.20. The van der Waals surface area contributed by atoms with E-state index in [-0.39, 0.29) is 11.3 Å². The standard InChI is InChI=1S/C21H18BrClN6O2/c1-12-7-13(10-24)8-15(21(31)28(3)25-2)18(12)27-20(30)17-9-14(22)11-29(17)19-16(23)5-4-6-26-19/h4-9,11,25H,1-3H3,(H,27,30). The number of anilines is 1. The van der Waals surface area contributed by atoms with Gasteiger partial charge in [-0.05, 0) is 58.7 Å². The summed E-state index contributed by atoms with van der Waals surface area (Å²) >= 11 is 9.64. The minimum atomic E-state index is -0.471. The molecule has 2 amide bonds. The summed E-state index contributed by atoms with van der Waals surface area (Å²) in [6, 6.07) is 10.1. The molecule has 0 bridgehead atoms. The van der Waals surface area contributed by atoms with Crippen molar-refractivity contribution in [3.8, 4) is 11.9 Å². The predicted octanol–water partition coefficient (Wildman–Crippen LogP) is 3.93. The molecule has 0 aliphatic rings. The molecule has 0 saturated carbocycles. The van der Waals surface area contributed by atoms with E-state index in [2.05, 4.69) is 31.7 Å². The van der Waals surface area contributed by atoms with Gasteiger partial charge >= 0.3 is 0 Å². The molecule has 3 aromatic rings. The number of aromatic nitrogens is 2. The monoisotopic (exact) mass is 500 g/mol. The summed E-state index contributed by atoms with van der Waals surface area (Å²) in [5.41, 5.74) is 4.38. The first-order valence-corrected chi connectivity index (χ1v) is 10.2. The fourth-order valence-corrected chi connectivity index (χ4v) is 3.62. The maximum atomic E-state index is 13.2. The summed E-state index contributed by atoms with van der Waals surface area (Å²) in [7, 11) is 3.14. The zero-order valence-electron chi connectivity index (χ0n) is 16.9. The van der Waals surface area contributed by atoms with Crippen LogP contribution in [0.1, 0.15) is 32.0 Å². The smallest absolute Gasteiger partial charge is 0.272 e. The van der Waals surface area contributed by atoms with E-state index in [0.717, 1.165) is 0 Å². The van der Waals surface area contributed by atoms with Gasteiger partial charge in [0.25, 0.3) is 11.8 Å².